The summed E-state index contributed by atoms with van der Waals surface area (Å²) < 4.78 is 50.3. The summed E-state index contributed by atoms with van der Waals surface area (Å²) >= 11 is 0. The second-order valence-corrected chi connectivity index (χ2v) is 10.0. The molecular weight excluding hydrogens is 628 g/mol. The standard InChI is InChI=1S/C15H28F2NO6P2.U/c1-6-26(20,18-14-10(3)21-8-15(14,4)17)22-7-11-12(16)13(9(2)23-11)24-25(5)19;/h6,9-14,18-20,25H,3,5,7-8H2,1-2,4H3;/q-1;/t9?,10-,11-,12-,13+,14-,15-,26?;/m1./s1. The number of halogens is 2. The molecule has 158 valence electrons. The van der Waals surface area contributed by atoms with E-state index in [4.69, 9.17) is 18.5 Å². The van der Waals surface area contributed by atoms with Gasteiger partial charge in [-0.3, -0.25) is 0 Å². The molecule has 9 atom stereocenters. The molecule has 27 heavy (non-hydrogen) atoms. The molecule has 0 spiro atoms. The Bertz CT molecular complexity index is 585. The molecule has 2 heterocycles. The first kappa shape index (κ1) is 26.3. The van der Waals surface area contributed by atoms with Crippen LogP contribution in [0.1, 0.15) is 20.8 Å². The largest absolute Gasteiger partial charge is 0.405 e. The summed E-state index contributed by atoms with van der Waals surface area (Å²) in [5.41, 5.74) is -1.72. The van der Waals surface area contributed by atoms with Crippen LogP contribution in [-0.2, 0) is 18.5 Å². The number of alkyl halides is 2. The summed E-state index contributed by atoms with van der Waals surface area (Å²) in [6, 6.07) is -0.872. The molecule has 2 saturated heterocycles. The molecule has 3 unspecified atom stereocenters. The molecule has 0 aliphatic carbocycles. The number of nitrogens with one attached hydrogen (secondary N) is 1. The molecule has 2 aliphatic rings. The molecular formula is C15H28F2NO6P2U-. The summed E-state index contributed by atoms with van der Waals surface area (Å²) in [5, 5.41) is 2.75. The number of hydrogen-bond acceptors (Lipinski definition) is 7. The molecule has 2 fully saturated rings. The molecule has 12 heteroatoms. The maximum absolute atomic E-state index is 14.5. The van der Waals surface area contributed by atoms with Gasteiger partial charge in [0.05, 0.1) is 19.3 Å². The Hall–Kier alpha value is 1.23. The van der Waals surface area contributed by atoms with Crippen LogP contribution in [0, 0.1) is 38.0 Å². The van der Waals surface area contributed by atoms with Crippen LogP contribution in [0.3, 0.4) is 0 Å². The van der Waals surface area contributed by atoms with Gasteiger partial charge in [-0.2, -0.15) is 0 Å². The molecule has 0 aromatic rings. The van der Waals surface area contributed by atoms with Gasteiger partial charge in [0.25, 0.3) is 0 Å². The van der Waals surface area contributed by atoms with Crippen molar-refractivity contribution in [3.8, 4) is 0 Å². The van der Waals surface area contributed by atoms with E-state index in [2.05, 4.69) is 18.3 Å². The van der Waals surface area contributed by atoms with Crippen LogP contribution in [0.2, 0.25) is 0 Å². The van der Waals surface area contributed by atoms with Crippen molar-refractivity contribution in [2.75, 3.05) is 13.2 Å². The Morgan fingerprint density at radius 1 is 1.56 bits per heavy atom. The van der Waals surface area contributed by atoms with E-state index in [1.807, 2.05) is 0 Å². The molecule has 0 bridgehead atoms. The SMILES string of the molecule is C=[PH](O)O[C@H]1C(C)O[C@H](COP(O)(=CC)N[C@@H]2[C@@H]([CH2-])OC[C@@]2(C)F)[C@H]1F.[U]. The van der Waals surface area contributed by atoms with Crippen LogP contribution in [0.25, 0.3) is 0 Å². The average Bonchev–Trinajstić information content (AvgIpc) is 2.96. The zero-order valence-corrected chi connectivity index (χ0v) is 21.7. The maximum atomic E-state index is 14.5. The van der Waals surface area contributed by atoms with Gasteiger partial charge >= 0.3 is 0 Å². The first-order chi connectivity index (χ1) is 12.0. The molecule has 2 aliphatic heterocycles. The van der Waals surface area contributed by atoms with Crippen molar-refractivity contribution in [1.29, 1.82) is 0 Å². The topological polar surface area (TPSA) is 89.4 Å². The number of rotatable bonds is 7. The van der Waals surface area contributed by atoms with Crippen molar-refractivity contribution >= 4 is 27.6 Å². The molecule has 0 amide bonds. The van der Waals surface area contributed by atoms with Crippen LogP contribution in [-0.4, -0.2) is 77.4 Å². The van der Waals surface area contributed by atoms with Crippen LogP contribution in [0.5, 0.6) is 0 Å². The Balaban J connectivity index is 0.00000364. The van der Waals surface area contributed by atoms with Gasteiger partial charge in [-0.15, -0.1) is 0 Å². The van der Waals surface area contributed by atoms with Gasteiger partial charge in [0.15, 0.2) is 13.7 Å². The fourth-order valence-electron chi connectivity index (χ4n) is 2.98. The molecule has 0 radical (unpaired) electrons. The fourth-order valence-corrected chi connectivity index (χ4v) is 5.20. The number of hydrogen-bond donors (Lipinski definition) is 3. The minimum atomic E-state index is -3.34. The van der Waals surface area contributed by atoms with Crippen molar-refractivity contribution in [3.05, 3.63) is 6.92 Å². The normalized spacial score (nSPS) is 42.4. The van der Waals surface area contributed by atoms with Gasteiger partial charge in [0.1, 0.15) is 25.9 Å². The van der Waals surface area contributed by atoms with Gasteiger partial charge in [-0.1, -0.05) is 6.30 Å². The molecule has 2 rings (SSSR count). The van der Waals surface area contributed by atoms with E-state index in [1.54, 1.807) is 13.8 Å². The number of ether oxygens (including phenoxy) is 2. The second-order valence-electron chi connectivity index (χ2n) is 6.71. The Morgan fingerprint density at radius 3 is 2.67 bits per heavy atom. The van der Waals surface area contributed by atoms with Crippen molar-refractivity contribution < 1.29 is 68.2 Å². The molecule has 7 nitrogen and oxygen atoms in total. The van der Waals surface area contributed by atoms with E-state index in [1.165, 1.54) is 12.7 Å². The van der Waals surface area contributed by atoms with Gasteiger partial charge in [0.2, 0.25) is 0 Å². The smallest absolute Gasteiger partial charge is 0.187 e. The van der Waals surface area contributed by atoms with Crippen molar-refractivity contribution in [2.45, 2.75) is 63.1 Å². The average molecular weight is 656 g/mol. The zero-order chi connectivity index (χ0) is 19.7. The van der Waals surface area contributed by atoms with E-state index in [0.717, 1.165) is 0 Å². The third-order valence-corrected chi connectivity index (χ3v) is 6.94. The van der Waals surface area contributed by atoms with E-state index >= 15 is 0 Å². The Labute approximate surface area is 183 Å². The van der Waals surface area contributed by atoms with Crippen LogP contribution >= 0.6 is 15.5 Å². The van der Waals surface area contributed by atoms with Crippen LogP contribution < -0.4 is 5.09 Å². The molecule has 0 aromatic carbocycles. The summed E-state index contributed by atoms with van der Waals surface area (Å²) in [6.07, 6.45) is -1.44. The zero-order valence-electron chi connectivity index (χ0n) is 15.6. The van der Waals surface area contributed by atoms with Crippen LogP contribution in [0.15, 0.2) is 0 Å². The maximum Gasteiger partial charge on any atom is 0.187 e. The van der Waals surface area contributed by atoms with Gasteiger partial charge in [-0.25, -0.2) is 13.9 Å². The van der Waals surface area contributed by atoms with Crippen molar-refractivity contribution in [1.82, 2.24) is 5.09 Å². The van der Waals surface area contributed by atoms with Gasteiger partial charge in [0, 0.05) is 37.2 Å². The van der Waals surface area contributed by atoms with E-state index in [9.17, 15) is 18.6 Å². The molecule has 0 aromatic heterocycles. The Kier molecular flexibility index (Phi) is 10.2. The van der Waals surface area contributed by atoms with Gasteiger partial charge < -0.3 is 35.2 Å². The Morgan fingerprint density at radius 2 is 2.19 bits per heavy atom. The molecule has 3 N–H and O–H groups in total. The predicted octanol–water partition coefficient (Wildman–Crippen LogP) is 1.48. The minimum absolute atomic E-state index is 0. The minimum Gasteiger partial charge on any atom is -0.405 e. The summed E-state index contributed by atoms with van der Waals surface area (Å²) in [4.78, 5) is 19.9. The monoisotopic (exact) mass is 656 g/mol. The van der Waals surface area contributed by atoms with E-state index in [0.29, 0.717) is 0 Å². The van der Waals surface area contributed by atoms with Crippen molar-refractivity contribution in [2.24, 2.45) is 0 Å². The van der Waals surface area contributed by atoms with E-state index in [-0.39, 0.29) is 44.3 Å². The first-order valence-corrected chi connectivity index (χ1v) is 11.6. The third kappa shape index (κ3) is 6.61. The van der Waals surface area contributed by atoms with Gasteiger partial charge in [-0.05, 0) is 32.7 Å². The van der Waals surface area contributed by atoms with E-state index < -0.39 is 57.8 Å². The third-order valence-electron chi connectivity index (χ3n) is 4.50. The van der Waals surface area contributed by atoms with Crippen LogP contribution in [0.4, 0.5) is 8.78 Å². The summed E-state index contributed by atoms with van der Waals surface area (Å²) in [5.74, 6) is 1.39. The molecule has 0 saturated carbocycles. The first-order valence-electron chi connectivity index (χ1n) is 8.31. The second kappa shape index (κ2) is 10.5. The quantitative estimate of drug-likeness (QED) is 0.283. The van der Waals surface area contributed by atoms with Crippen molar-refractivity contribution in [3.63, 3.8) is 0 Å². The predicted molar refractivity (Wildman–Crippen MR) is 100 cm³/mol. The summed E-state index contributed by atoms with van der Waals surface area (Å²) in [7, 11) is -5.66. The summed E-state index contributed by atoms with van der Waals surface area (Å²) in [6.45, 7) is 7.83. The fraction of sp³-hybridized carbons (Fsp3) is 0.800.